The maximum atomic E-state index is 13.8. The first-order chi connectivity index (χ1) is 14.1. The van der Waals surface area contributed by atoms with E-state index in [4.69, 9.17) is 4.74 Å². The van der Waals surface area contributed by atoms with Crippen LogP contribution in [0.25, 0.3) is 0 Å². The Balaban J connectivity index is 1.60. The van der Waals surface area contributed by atoms with Crippen LogP contribution in [0.5, 0.6) is 0 Å². The molecular weight excluding hydrogens is 364 g/mol. The number of likely N-dealkylation sites (tertiary alicyclic amines) is 1. The Morgan fingerprint density at radius 3 is 2.79 bits per heavy atom. The second-order valence-corrected chi connectivity index (χ2v) is 8.31. The predicted octanol–water partition coefficient (Wildman–Crippen LogP) is 3.13. The van der Waals surface area contributed by atoms with E-state index in [0.717, 1.165) is 30.6 Å². The molecule has 5 nitrogen and oxygen atoms in total. The fraction of sp³-hybridized carbons (Fsp3) is 0.417. The average Bonchev–Trinajstić information content (AvgIpc) is 3.13. The minimum Gasteiger partial charge on any atom is -0.465 e. The number of carbonyl (C=O) groups excluding carboxylic acids is 2. The Morgan fingerprint density at radius 2 is 2.00 bits per heavy atom. The van der Waals surface area contributed by atoms with Crippen LogP contribution < -0.4 is 4.90 Å². The topological polar surface area (TPSA) is 49.9 Å². The summed E-state index contributed by atoms with van der Waals surface area (Å²) in [7, 11) is 0. The quantitative estimate of drug-likeness (QED) is 0.595. The number of carbonyl (C=O) groups is 2. The molecule has 2 atom stereocenters. The number of hydrogen-bond donors (Lipinski definition) is 0. The van der Waals surface area contributed by atoms with Crippen LogP contribution in [0.4, 0.5) is 5.69 Å². The second kappa shape index (κ2) is 6.99. The molecule has 0 radical (unpaired) electrons. The van der Waals surface area contributed by atoms with E-state index in [1.54, 1.807) is 6.92 Å². The molecule has 2 unspecified atom stereocenters. The molecule has 1 amide bonds. The summed E-state index contributed by atoms with van der Waals surface area (Å²) in [6.45, 7) is 4.58. The number of nitrogens with zero attached hydrogens (tertiary/aromatic N) is 2. The van der Waals surface area contributed by atoms with Crippen LogP contribution in [0.1, 0.15) is 36.0 Å². The highest BCUT2D eigenvalue weighted by atomic mass is 16.5. The monoisotopic (exact) mass is 390 g/mol. The number of esters is 1. The van der Waals surface area contributed by atoms with Crippen LogP contribution in [0.15, 0.2) is 48.5 Å². The van der Waals surface area contributed by atoms with Crippen molar-refractivity contribution in [1.82, 2.24) is 4.90 Å². The Hall–Kier alpha value is -2.66. The van der Waals surface area contributed by atoms with Crippen molar-refractivity contribution < 1.29 is 14.3 Å². The summed E-state index contributed by atoms with van der Waals surface area (Å²) in [5.74, 6) is -0.606. The molecule has 0 aromatic heterocycles. The van der Waals surface area contributed by atoms with Gasteiger partial charge in [-0.3, -0.25) is 14.5 Å². The lowest BCUT2D eigenvalue weighted by Gasteiger charge is -2.45. The van der Waals surface area contributed by atoms with Crippen molar-refractivity contribution in [2.45, 2.75) is 32.2 Å². The summed E-state index contributed by atoms with van der Waals surface area (Å²) < 4.78 is 5.50. The minimum atomic E-state index is -1.15. The van der Waals surface area contributed by atoms with Gasteiger partial charge >= 0.3 is 5.97 Å². The van der Waals surface area contributed by atoms with E-state index in [2.05, 4.69) is 35.2 Å². The molecule has 3 aliphatic rings. The Labute approximate surface area is 171 Å². The number of fused-ring (bicyclic) bond motifs is 2. The van der Waals surface area contributed by atoms with Gasteiger partial charge in [0.15, 0.2) is 5.41 Å². The number of anilines is 1. The van der Waals surface area contributed by atoms with Crippen molar-refractivity contribution in [3.05, 3.63) is 65.2 Å². The van der Waals surface area contributed by atoms with Gasteiger partial charge in [-0.05, 0) is 36.5 Å². The lowest BCUT2D eigenvalue weighted by molar-refractivity contribution is -0.160. The summed E-state index contributed by atoms with van der Waals surface area (Å²) in [6.07, 6.45) is 1.92. The number of para-hydroxylation sites is 1. The number of ether oxygens (including phenoxy) is 1. The summed E-state index contributed by atoms with van der Waals surface area (Å²) in [4.78, 5) is 31.2. The van der Waals surface area contributed by atoms with E-state index in [9.17, 15) is 9.59 Å². The summed E-state index contributed by atoms with van der Waals surface area (Å²) in [6, 6.07) is 16.5. The van der Waals surface area contributed by atoms with Crippen LogP contribution in [-0.4, -0.2) is 43.0 Å². The molecule has 0 saturated carbocycles. The highest BCUT2D eigenvalue weighted by Gasteiger charge is 2.63. The molecule has 5 rings (SSSR count). The molecule has 3 aliphatic heterocycles. The first-order valence-corrected chi connectivity index (χ1v) is 10.5. The van der Waals surface area contributed by atoms with Gasteiger partial charge in [0, 0.05) is 32.1 Å². The smallest absolute Gasteiger partial charge is 0.323 e. The van der Waals surface area contributed by atoms with Crippen LogP contribution in [0.2, 0.25) is 0 Å². The third-order valence-electron chi connectivity index (χ3n) is 6.65. The lowest BCUT2D eigenvalue weighted by Crippen LogP contribution is -2.57. The number of amides is 1. The largest absolute Gasteiger partial charge is 0.465 e. The van der Waals surface area contributed by atoms with Crippen molar-refractivity contribution >= 4 is 17.6 Å². The van der Waals surface area contributed by atoms with Gasteiger partial charge < -0.3 is 9.64 Å². The van der Waals surface area contributed by atoms with Crippen LogP contribution in [-0.2, 0) is 27.3 Å². The van der Waals surface area contributed by atoms with E-state index in [1.165, 1.54) is 11.1 Å². The molecule has 150 valence electrons. The van der Waals surface area contributed by atoms with Crippen molar-refractivity contribution in [3.8, 4) is 0 Å². The van der Waals surface area contributed by atoms with Crippen molar-refractivity contribution in [2.75, 3.05) is 31.1 Å². The van der Waals surface area contributed by atoms with Gasteiger partial charge in [-0.15, -0.1) is 0 Å². The van der Waals surface area contributed by atoms with Gasteiger partial charge in [-0.2, -0.15) is 0 Å². The third-order valence-corrected chi connectivity index (χ3v) is 6.65. The Bertz CT molecular complexity index is 958. The first-order valence-electron chi connectivity index (χ1n) is 10.5. The summed E-state index contributed by atoms with van der Waals surface area (Å²) in [5.41, 5.74) is 3.45. The number of benzene rings is 2. The normalized spacial score (nSPS) is 25.5. The number of hydrogen-bond acceptors (Lipinski definition) is 4. The zero-order valence-corrected chi connectivity index (χ0v) is 16.8. The molecule has 29 heavy (non-hydrogen) atoms. The molecular formula is C24H26N2O3. The molecule has 0 spiro atoms. The average molecular weight is 390 g/mol. The van der Waals surface area contributed by atoms with Crippen LogP contribution in [0.3, 0.4) is 0 Å². The zero-order valence-electron chi connectivity index (χ0n) is 16.8. The van der Waals surface area contributed by atoms with E-state index in [-0.39, 0.29) is 24.4 Å². The van der Waals surface area contributed by atoms with E-state index >= 15 is 0 Å². The molecule has 1 saturated heterocycles. The van der Waals surface area contributed by atoms with Crippen molar-refractivity contribution in [2.24, 2.45) is 5.41 Å². The van der Waals surface area contributed by atoms with Gasteiger partial charge in [0.05, 0.1) is 12.3 Å². The fourth-order valence-corrected chi connectivity index (χ4v) is 5.44. The standard InChI is InChI=1S/C24H26N2O3/c1-2-29-23(28)24-16-25(14-17-8-4-3-5-9-17)15-20(24)19-12-6-10-18-11-7-13-26(21(18)19)22(24)27/h3-6,8-10,12,20H,2,7,11,13-16H2,1H3. The predicted molar refractivity (Wildman–Crippen MR) is 111 cm³/mol. The van der Waals surface area contributed by atoms with E-state index < -0.39 is 5.41 Å². The molecule has 1 fully saturated rings. The van der Waals surface area contributed by atoms with Crippen molar-refractivity contribution in [3.63, 3.8) is 0 Å². The molecule has 0 bridgehead atoms. The van der Waals surface area contributed by atoms with Gasteiger partial charge in [0.2, 0.25) is 5.91 Å². The highest BCUT2D eigenvalue weighted by molar-refractivity contribution is 6.14. The highest BCUT2D eigenvalue weighted by Crippen LogP contribution is 2.54. The van der Waals surface area contributed by atoms with Gasteiger partial charge in [0.1, 0.15) is 0 Å². The maximum Gasteiger partial charge on any atom is 0.323 e. The SMILES string of the molecule is CCOC(=O)C12CN(Cc3ccccc3)CC1c1cccc3c1N(CCC3)C2=O. The van der Waals surface area contributed by atoms with E-state index in [0.29, 0.717) is 19.6 Å². The van der Waals surface area contributed by atoms with Gasteiger partial charge in [0.25, 0.3) is 0 Å². The Kier molecular flexibility index (Phi) is 4.43. The summed E-state index contributed by atoms with van der Waals surface area (Å²) >= 11 is 0. The van der Waals surface area contributed by atoms with Gasteiger partial charge in [-0.25, -0.2) is 0 Å². The molecule has 2 aromatic carbocycles. The molecule has 0 N–H and O–H groups in total. The fourth-order valence-electron chi connectivity index (χ4n) is 5.44. The van der Waals surface area contributed by atoms with Crippen molar-refractivity contribution in [1.29, 1.82) is 0 Å². The van der Waals surface area contributed by atoms with E-state index in [1.807, 2.05) is 23.1 Å². The first kappa shape index (κ1) is 18.4. The van der Waals surface area contributed by atoms with Crippen LogP contribution >= 0.6 is 0 Å². The molecule has 2 aromatic rings. The summed E-state index contributed by atoms with van der Waals surface area (Å²) in [5, 5.41) is 0. The second-order valence-electron chi connectivity index (χ2n) is 8.31. The number of aryl methyl sites for hydroxylation is 1. The molecule has 0 aliphatic carbocycles. The third kappa shape index (κ3) is 2.71. The maximum absolute atomic E-state index is 13.8. The number of rotatable bonds is 4. The minimum absolute atomic E-state index is 0.0730. The van der Waals surface area contributed by atoms with Crippen LogP contribution in [0, 0.1) is 5.41 Å². The van der Waals surface area contributed by atoms with Gasteiger partial charge in [-0.1, -0.05) is 48.5 Å². The zero-order chi connectivity index (χ0) is 20.0. The molecule has 5 heteroatoms. The molecule has 3 heterocycles. The lowest BCUT2D eigenvalue weighted by atomic mass is 9.68. The Morgan fingerprint density at radius 1 is 1.17 bits per heavy atom.